The van der Waals surface area contributed by atoms with Crippen molar-refractivity contribution >= 4 is 29.6 Å². The number of amides is 4. The molecule has 0 fully saturated rings. The van der Waals surface area contributed by atoms with Crippen LogP contribution >= 0.6 is 0 Å². The van der Waals surface area contributed by atoms with Crippen molar-refractivity contribution in [3.05, 3.63) is 0 Å². The zero-order valence-corrected chi connectivity index (χ0v) is 14.8. The second-order valence-corrected chi connectivity index (χ2v) is 5.80. The van der Waals surface area contributed by atoms with Crippen LogP contribution in [0.3, 0.4) is 0 Å². The van der Waals surface area contributed by atoms with E-state index in [0.29, 0.717) is 0 Å². The Bertz CT molecular complexity index is 520. The molecule has 0 aromatic heterocycles. The predicted octanol–water partition coefficient (Wildman–Crippen LogP) is -1.64. The zero-order valence-electron chi connectivity index (χ0n) is 14.8. The molecule has 0 rings (SSSR count). The first kappa shape index (κ1) is 22.4. The van der Waals surface area contributed by atoms with Gasteiger partial charge in [-0.05, 0) is 12.8 Å². The molecule has 10 nitrogen and oxygen atoms in total. The summed E-state index contributed by atoms with van der Waals surface area (Å²) in [5.41, 5.74) is 0. The summed E-state index contributed by atoms with van der Waals surface area (Å²) < 4.78 is 0. The van der Waals surface area contributed by atoms with E-state index >= 15 is 0 Å². The first-order valence-corrected chi connectivity index (χ1v) is 7.88. The minimum atomic E-state index is -1.11. The van der Waals surface area contributed by atoms with Crippen molar-refractivity contribution < 1.29 is 29.1 Å². The van der Waals surface area contributed by atoms with Crippen LogP contribution in [-0.2, 0) is 24.0 Å². The average Bonchev–Trinajstić information content (AvgIpc) is 2.54. The molecule has 4 amide bonds. The molecule has 142 valence electrons. The summed E-state index contributed by atoms with van der Waals surface area (Å²) in [7, 11) is 1.44. The number of likely N-dealkylation sites (N-methyl/N-ethyl adjacent to an activating group) is 1. The van der Waals surface area contributed by atoms with Gasteiger partial charge < -0.3 is 26.4 Å². The second kappa shape index (κ2) is 11.0. The molecule has 10 heteroatoms. The van der Waals surface area contributed by atoms with Crippen LogP contribution in [-0.4, -0.2) is 60.4 Å². The van der Waals surface area contributed by atoms with Crippen LogP contribution < -0.4 is 21.3 Å². The lowest BCUT2D eigenvalue weighted by Gasteiger charge is -2.23. The van der Waals surface area contributed by atoms with Crippen molar-refractivity contribution in [2.75, 3.05) is 13.6 Å². The third kappa shape index (κ3) is 9.28. The summed E-state index contributed by atoms with van der Waals surface area (Å²) in [5, 5.41) is 18.1. The lowest BCUT2D eigenvalue weighted by atomic mass is 10.0. The van der Waals surface area contributed by atoms with Gasteiger partial charge in [0.05, 0.1) is 13.0 Å². The molecule has 0 aromatic rings. The maximum atomic E-state index is 12.2. The highest BCUT2D eigenvalue weighted by Crippen LogP contribution is 2.02. The fourth-order valence-corrected chi connectivity index (χ4v) is 1.83. The third-order valence-corrected chi connectivity index (χ3v) is 3.28. The highest BCUT2D eigenvalue weighted by molar-refractivity contribution is 5.93. The van der Waals surface area contributed by atoms with E-state index in [2.05, 4.69) is 21.3 Å². The first-order valence-electron chi connectivity index (χ1n) is 7.88. The topological polar surface area (TPSA) is 154 Å². The number of carboxylic acid groups (broad SMARTS) is 1. The van der Waals surface area contributed by atoms with Gasteiger partial charge in [-0.15, -0.1) is 0 Å². The fraction of sp³-hybridized carbons (Fsp3) is 0.667. The third-order valence-electron chi connectivity index (χ3n) is 3.28. The van der Waals surface area contributed by atoms with Crippen LogP contribution in [0.2, 0.25) is 0 Å². The molecule has 5 N–H and O–H groups in total. The van der Waals surface area contributed by atoms with Crippen LogP contribution in [0.15, 0.2) is 0 Å². The minimum Gasteiger partial charge on any atom is -0.481 e. The Labute approximate surface area is 146 Å². The summed E-state index contributed by atoms with van der Waals surface area (Å²) in [6.45, 7) is 4.58. The molecule has 0 saturated carbocycles. The number of carbonyl (C=O) groups excluding carboxylic acids is 4. The Morgan fingerprint density at radius 1 is 0.880 bits per heavy atom. The standard InChI is InChI=1S/C15H26N4O6/c1-8(2)13(15(25)18-9(3)14(24)16-4)19-11(21)7-17-10(20)5-6-12(22)23/h8-9,13H,5-7H2,1-4H3,(H,16,24)(H,17,20)(H,18,25)(H,19,21)(H,22,23)/t9-,13-/m0/s1. The number of carbonyl (C=O) groups is 5. The summed E-state index contributed by atoms with van der Waals surface area (Å²) in [6.07, 6.45) is -0.567. The Balaban J connectivity index is 4.52. The van der Waals surface area contributed by atoms with Crippen LogP contribution in [0.5, 0.6) is 0 Å². The molecule has 0 saturated heterocycles. The molecule has 0 unspecified atom stereocenters. The molecular weight excluding hydrogens is 332 g/mol. The molecule has 0 radical (unpaired) electrons. The van der Waals surface area contributed by atoms with Gasteiger partial charge in [0, 0.05) is 13.5 Å². The lowest BCUT2D eigenvalue weighted by molar-refractivity contribution is -0.139. The van der Waals surface area contributed by atoms with E-state index in [-0.39, 0.29) is 31.2 Å². The van der Waals surface area contributed by atoms with Gasteiger partial charge >= 0.3 is 5.97 Å². The van der Waals surface area contributed by atoms with E-state index in [4.69, 9.17) is 5.11 Å². The van der Waals surface area contributed by atoms with Crippen LogP contribution in [0, 0.1) is 5.92 Å². The average molecular weight is 358 g/mol. The van der Waals surface area contributed by atoms with Gasteiger partial charge in [0.15, 0.2) is 0 Å². The van der Waals surface area contributed by atoms with E-state index in [1.807, 2.05) is 0 Å². The lowest BCUT2D eigenvalue weighted by Crippen LogP contribution is -2.55. The summed E-state index contributed by atoms with van der Waals surface area (Å²) in [4.78, 5) is 57.3. The van der Waals surface area contributed by atoms with E-state index < -0.39 is 35.8 Å². The van der Waals surface area contributed by atoms with Gasteiger partial charge in [0.2, 0.25) is 23.6 Å². The molecule has 0 aromatic carbocycles. The van der Waals surface area contributed by atoms with Gasteiger partial charge in [-0.2, -0.15) is 0 Å². The van der Waals surface area contributed by atoms with Crippen molar-refractivity contribution in [2.24, 2.45) is 5.92 Å². The van der Waals surface area contributed by atoms with Crippen LogP contribution in [0.1, 0.15) is 33.6 Å². The van der Waals surface area contributed by atoms with E-state index in [0.717, 1.165) is 0 Å². The van der Waals surface area contributed by atoms with Gasteiger partial charge in [0.1, 0.15) is 12.1 Å². The maximum absolute atomic E-state index is 12.2. The van der Waals surface area contributed by atoms with Gasteiger partial charge in [-0.1, -0.05) is 13.8 Å². The number of hydrogen-bond donors (Lipinski definition) is 5. The predicted molar refractivity (Wildman–Crippen MR) is 88.3 cm³/mol. The molecule has 2 atom stereocenters. The molecular formula is C15H26N4O6. The van der Waals surface area contributed by atoms with E-state index in [1.165, 1.54) is 14.0 Å². The zero-order chi connectivity index (χ0) is 19.6. The smallest absolute Gasteiger partial charge is 0.303 e. The van der Waals surface area contributed by atoms with Crippen molar-refractivity contribution in [1.29, 1.82) is 0 Å². The second-order valence-electron chi connectivity index (χ2n) is 5.80. The minimum absolute atomic E-state index is 0.236. The largest absolute Gasteiger partial charge is 0.481 e. The molecule has 25 heavy (non-hydrogen) atoms. The first-order chi connectivity index (χ1) is 11.6. The molecule has 0 aliphatic rings. The molecule has 0 bridgehead atoms. The van der Waals surface area contributed by atoms with Crippen LogP contribution in [0.4, 0.5) is 0 Å². The fourth-order valence-electron chi connectivity index (χ4n) is 1.83. The Hall–Kier alpha value is -2.65. The molecule has 0 spiro atoms. The SMILES string of the molecule is CNC(=O)[C@H](C)NC(=O)[C@@H](NC(=O)CNC(=O)CCC(=O)O)C(C)C. The van der Waals surface area contributed by atoms with Gasteiger partial charge in [0.25, 0.3) is 0 Å². The molecule has 0 aliphatic heterocycles. The van der Waals surface area contributed by atoms with E-state index in [1.54, 1.807) is 13.8 Å². The summed E-state index contributed by atoms with van der Waals surface area (Å²) in [5.74, 6) is -3.41. The Morgan fingerprint density at radius 3 is 1.96 bits per heavy atom. The monoisotopic (exact) mass is 358 g/mol. The Morgan fingerprint density at radius 2 is 1.48 bits per heavy atom. The number of nitrogens with one attached hydrogen (secondary N) is 4. The summed E-state index contributed by atoms with van der Waals surface area (Å²) >= 11 is 0. The highest BCUT2D eigenvalue weighted by atomic mass is 16.4. The normalized spacial score (nSPS) is 12.7. The van der Waals surface area contributed by atoms with Gasteiger partial charge in [-0.25, -0.2) is 0 Å². The molecule has 0 aliphatic carbocycles. The summed E-state index contributed by atoms with van der Waals surface area (Å²) in [6, 6.07) is -1.64. The van der Waals surface area contributed by atoms with E-state index in [9.17, 15) is 24.0 Å². The number of rotatable bonds is 10. The van der Waals surface area contributed by atoms with Crippen LogP contribution in [0.25, 0.3) is 0 Å². The number of carboxylic acids is 1. The quantitative estimate of drug-likeness (QED) is 0.316. The van der Waals surface area contributed by atoms with Crippen molar-refractivity contribution in [2.45, 2.75) is 45.7 Å². The van der Waals surface area contributed by atoms with Gasteiger partial charge in [-0.3, -0.25) is 24.0 Å². The van der Waals surface area contributed by atoms with Crippen molar-refractivity contribution in [3.8, 4) is 0 Å². The Kier molecular flexibility index (Phi) is 9.83. The molecule has 0 heterocycles. The highest BCUT2D eigenvalue weighted by Gasteiger charge is 2.26. The van der Waals surface area contributed by atoms with Crippen molar-refractivity contribution in [3.63, 3.8) is 0 Å². The number of aliphatic carboxylic acids is 1. The number of hydrogen-bond acceptors (Lipinski definition) is 5. The van der Waals surface area contributed by atoms with Crippen molar-refractivity contribution in [1.82, 2.24) is 21.3 Å². The maximum Gasteiger partial charge on any atom is 0.303 e.